The molecule has 2 N–H and O–H groups in total. The quantitative estimate of drug-likeness (QED) is 0.877. The van der Waals surface area contributed by atoms with Crippen molar-refractivity contribution in [3.8, 4) is 0 Å². The second-order valence-corrected chi connectivity index (χ2v) is 5.45. The molecule has 0 saturated heterocycles. The number of halogens is 1. The van der Waals surface area contributed by atoms with Gasteiger partial charge in [-0.1, -0.05) is 25.5 Å². The molecule has 1 amide bonds. The van der Waals surface area contributed by atoms with E-state index < -0.39 is 5.60 Å². The van der Waals surface area contributed by atoms with E-state index in [2.05, 4.69) is 21.2 Å². The number of hydrogen-bond donors (Lipinski definition) is 2. The van der Waals surface area contributed by atoms with Gasteiger partial charge in [-0.05, 0) is 47.8 Å². The molecule has 3 nitrogen and oxygen atoms in total. The number of amides is 1. The first-order chi connectivity index (χ1) is 8.41. The zero-order valence-electron chi connectivity index (χ0n) is 11.1. The summed E-state index contributed by atoms with van der Waals surface area (Å²) in [7, 11) is 0. The molecule has 1 aromatic rings. The number of aryl methyl sites for hydroxylation is 1. The fraction of sp³-hybridized carbons (Fsp3) is 0.500. The van der Waals surface area contributed by atoms with E-state index >= 15 is 0 Å². The summed E-state index contributed by atoms with van der Waals surface area (Å²) in [6, 6.07) is 5.63. The average molecular weight is 314 g/mol. The lowest BCUT2D eigenvalue weighted by molar-refractivity contribution is 0.0314. The molecule has 1 rings (SSSR count). The van der Waals surface area contributed by atoms with E-state index in [1.54, 1.807) is 0 Å². The summed E-state index contributed by atoms with van der Waals surface area (Å²) in [5.41, 5.74) is 0.820. The summed E-state index contributed by atoms with van der Waals surface area (Å²) < 4.78 is 0.766. The van der Waals surface area contributed by atoms with Gasteiger partial charge >= 0.3 is 0 Å². The van der Waals surface area contributed by atoms with Crippen molar-refractivity contribution in [3.05, 3.63) is 33.8 Å². The van der Waals surface area contributed by atoms with Gasteiger partial charge in [0.15, 0.2) is 0 Å². The van der Waals surface area contributed by atoms with Crippen LogP contribution in [0.4, 0.5) is 0 Å². The molecule has 0 radical (unpaired) electrons. The second kappa shape index (κ2) is 6.34. The molecule has 0 heterocycles. The Labute approximate surface area is 117 Å². The fourth-order valence-electron chi connectivity index (χ4n) is 1.65. The Morgan fingerprint density at radius 1 is 1.39 bits per heavy atom. The lowest BCUT2D eigenvalue weighted by atomic mass is 9.97. The normalized spacial score (nSPS) is 11.4. The van der Waals surface area contributed by atoms with Crippen molar-refractivity contribution < 1.29 is 9.90 Å². The minimum absolute atomic E-state index is 0.161. The van der Waals surface area contributed by atoms with Gasteiger partial charge in [0.1, 0.15) is 0 Å². The lowest BCUT2D eigenvalue weighted by Gasteiger charge is -2.25. The Balaban J connectivity index is 2.74. The highest BCUT2D eigenvalue weighted by Gasteiger charge is 2.23. The third-order valence-electron chi connectivity index (χ3n) is 3.26. The largest absolute Gasteiger partial charge is 0.388 e. The summed E-state index contributed by atoms with van der Waals surface area (Å²) in [4.78, 5) is 12.0. The number of benzene rings is 1. The molecule has 0 fully saturated rings. The maximum Gasteiger partial charge on any atom is 0.252 e. The third-order valence-corrected chi connectivity index (χ3v) is 3.95. The predicted octanol–water partition coefficient (Wildman–Crippen LogP) is 3.04. The van der Waals surface area contributed by atoms with Gasteiger partial charge in [0.2, 0.25) is 0 Å². The molecular weight excluding hydrogens is 294 g/mol. The lowest BCUT2D eigenvalue weighted by Crippen LogP contribution is -2.42. The van der Waals surface area contributed by atoms with Crippen molar-refractivity contribution in [1.29, 1.82) is 0 Å². The van der Waals surface area contributed by atoms with Crippen LogP contribution in [0.15, 0.2) is 22.7 Å². The standard InChI is InChI=1S/C14H20BrNO2/c1-4-14(18,5-2)9-16-13(17)11-8-10(3)6-7-12(11)15/h6-8,18H,4-5,9H2,1-3H3,(H,16,17). The summed E-state index contributed by atoms with van der Waals surface area (Å²) in [6.07, 6.45) is 1.25. The van der Waals surface area contributed by atoms with E-state index in [9.17, 15) is 9.90 Å². The zero-order chi connectivity index (χ0) is 13.8. The molecule has 0 spiro atoms. The zero-order valence-corrected chi connectivity index (χ0v) is 12.7. The number of hydrogen-bond acceptors (Lipinski definition) is 2. The van der Waals surface area contributed by atoms with Gasteiger partial charge in [-0.2, -0.15) is 0 Å². The van der Waals surface area contributed by atoms with Crippen LogP contribution >= 0.6 is 15.9 Å². The summed E-state index contributed by atoms with van der Waals surface area (Å²) >= 11 is 3.36. The first kappa shape index (κ1) is 15.2. The maximum atomic E-state index is 12.0. The summed E-state index contributed by atoms with van der Waals surface area (Å²) in [6.45, 7) is 6.05. The Bertz CT molecular complexity index is 428. The number of carbonyl (C=O) groups is 1. The Morgan fingerprint density at radius 2 is 2.00 bits per heavy atom. The average Bonchev–Trinajstić information content (AvgIpc) is 2.38. The summed E-state index contributed by atoms with van der Waals surface area (Å²) in [5, 5.41) is 12.9. The topological polar surface area (TPSA) is 49.3 Å². The molecule has 100 valence electrons. The van der Waals surface area contributed by atoms with Gasteiger partial charge in [-0.3, -0.25) is 4.79 Å². The van der Waals surface area contributed by atoms with Gasteiger partial charge in [0, 0.05) is 11.0 Å². The highest BCUT2D eigenvalue weighted by Crippen LogP contribution is 2.19. The van der Waals surface area contributed by atoms with Crippen molar-refractivity contribution in [1.82, 2.24) is 5.32 Å². The molecule has 0 aromatic heterocycles. The van der Waals surface area contributed by atoms with E-state index in [0.29, 0.717) is 18.4 Å². The van der Waals surface area contributed by atoms with Crippen LogP contribution in [0.1, 0.15) is 42.6 Å². The van der Waals surface area contributed by atoms with Crippen molar-refractivity contribution in [3.63, 3.8) is 0 Å². The highest BCUT2D eigenvalue weighted by molar-refractivity contribution is 9.10. The van der Waals surface area contributed by atoms with E-state index in [4.69, 9.17) is 0 Å². The minimum Gasteiger partial charge on any atom is -0.388 e. The van der Waals surface area contributed by atoms with Crippen LogP contribution in [0.25, 0.3) is 0 Å². The first-order valence-electron chi connectivity index (χ1n) is 6.18. The third kappa shape index (κ3) is 3.82. The first-order valence-corrected chi connectivity index (χ1v) is 6.98. The van der Waals surface area contributed by atoms with Crippen molar-refractivity contribution in [2.75, 3.05) is 6.54 Å². The SMILES string of the molecule is CCC(O)(CC)CNC(=O)c1cc(C)ccc1Br. The Morgan fingerprint density at radius 3 is 2.56 bits per heavy atom. The van der Waals surface area contributed by atoms with Gasteiger partial charge in [0.05, 0.1) is 11.2 Å². The maximum absolute atomic E-state index is 12.0. The molecule has 0 saturated carbocycles. The van der Waals surface area contributed by atoms with E-state index in [1.807, 2.05) is 39.0 Å². The molecule has 0 bridgehead atoms. The number of rotatable bonds is 5. The van der Waals surface area contributed by atoms with Crippen molar-refractivity contribution in [2.45, 2.75) is 39.2 Å². The van der Waals surface area contributed by atoms with Crippen molar-refractivity contribution >= 4 is 21.8 Å². The second-order valence-electron chi connectivity index (χ2n) is 4.60. The molecular formula is C14H20BrNO2. The van der Waals surface area contributed by atoms with Crippen molar-refractivity contribution in [2.24, 2.45) is 0 Å². The van der Waals surface area contributed by atoms with Gasteiger partial charge in [0.25, 0.3) is 5.91 Å². The van der Waals surface area contributed by atoms with Crippen LogP contribution in [-0.2, 0) is 0 Å². The van der Waals surface area contributed by atoms with Crippen LogP contribution in [0, 0.1) is 6.92 Å². The highest BCUT2D eigenvalue weighted by atomic mass is 79.9. The molecule has 18 heavy (non-hydrogen) atoms. The molecule has 0 aliphatic carbocycles. The van der Waals surface area contributed by atoms with E-state index in [-0.39, 0.29) is 12.5 Å². The number of carbonyl (C=O) groups excluding carboxylic acids is 1. The molecule has 0 unspecified atom stereocenters. The van der Waals surface area contributed by atoms with Gasteiger partial charge in [-0.25, -0.2) is 0 Å². The smallest absolute Gasteiger partial charge is 0.252 e. The molecule has 0 atom stereocenters. The number of nitrogens with one attached hydrogen (secondary N) is 1. The Hall–Kier alpha value is -0.870. The summed E-state index contributed by atoms with van der Waals surface area (Å²) in [5.74, 6) is -0.161. The van der Waals surface area contributed by atoms with E-state index in [0.717, 1.165) is 10.0 Å². The van der Waals surface area contributed by atoms with Crippen LogP contribution in [0.2, 0.25) is 0 Å². The van der Waals surface area contributed by atoms with E-state index in [1.165, 1.54) is 0 Å². The van der Waals surface area contributed by atoms with Crippen LogP contribution in [-0.4, -0.2) is 23.2 Å². The molecule has 4 heteroatoms. The van der Waals surface area contributed by atoms with Crippen LogP contribution in [0.3, 0.4) is 0 Å². The predicted molar refractivity (Wildman–Crippen MR) is 76.7 cm³/mol. The van der Waals surface area contributed by atoms with Gasteiger partial charge < -0.3 is 10.4 Å². The Kier molecular flexibility index (Phi) is 5.35. The molecule has 1 aromatic carbocycles. The molecule has 0 aliphatic rings. The fourth-order valence-corrected chi connectivity index (χ4v) is 2.08. The number of aliphatic hydroxyl groups is 1. The van der Waals surface area contributed by atoms with Crippen LogP contribution in [0.5, 0.6) is 0 Å². The molecule has 0 aliphatic heterocycles. The van der Waals surface area contributed by atoms with Gasteiger partial charge in [-0.15, -0.1) is 0 Å². The monoisotopic (exact) mass is 313 g/mol. The minimum atomic E-state index is -0.814. The van der Waals surface area contributed by atoms with Crippen LogP contribution < -0.4 is 5.32 Å².